The molecule has 312 valence electrons. The van der Waals surface area contributed by atoms with E-state index in [0.29, 0.717) is 38.0 Å². The standard InChI is InChI=1S/C38H47F4N5O9S/c1-20-8-6-7-9-23-18-37(23,34(50)45-57(53,54)36(4)11-12-36)44-31(48)28-17-25(56-32-27-15-24(39)16-29(55-5)26(27)10-13-43-32)19-46(28)33(49)30(21(2)14-20)47(35(51)52)22(3)38(40,41)42/h7,9-10,13,15-16,20-23,25,28,30H,6,8,11-12,14,17-19H2,1-5H3,(H,44,48)(H,45,50)(H,51,52)/b9-7-/t20-,21-,22-,23-,25-,28+,30+,37-/m1/s1. The lowest BCUT2D eigenvalue weighted by molar-refractivity contribution is -0.184. The van der Waals surface area contributed by atoms with Crippen molar-refractivity contribution < 1.29 is 59.7 Å². The highest BCUT2D eigenvalue weighted by molar-refractivity contribution is 7.91. The highest BCUT2D eigenvalue weighted by Gasteiger charge is 2.63. The van der Waals surface area contributed by atoms with Crippen molar-refractivity contribution in [2.45, 2.75) is 113 Å². The van der Waals surface area contributed by atoms with Crippen LogP contribution in [0.5, 0.6) is 11.6 Å². The van der Waals surface area contributed by atoms with Gasteiger partial charge in [0.05, 0.1) is 23.8 Å². The Morgan fingerprint density at radius 1 is 1.16 bits per heavy atom. The zero-order valence-electron chi connectivity index (χ0n) is 32.1. The van der Waals surface area contributed by atoms with Crippen molar-refractivity contribution in [3.63, 3.8) is 0 Å². The number of methoxy groups -OCH3 is 1. The maximum Gasteiger partial charge on any atom is 0.408 e. The van der Waals surface area contributed by atoms with Crippen LogP contribution >= 0.6 is 0 Å². The number of nitrogens with zero attached hydrogens (tertiary/aromatic N) is 3. The van der Waals surface area contributed by atoms with Gasteiger partial charge < -0.3 is 24.8 Å². The zero-order chi connectivity index (χ0) is 41.8. The van der Waals surface area contributed by atoms with Crippen molar-refractivity contribution in [3.8, 4) is 11.6 Å². The van der Waals surface area contributed by atoms with Gasteiger partial charge in [-0.1, -0.05) is 26.0 Å². The maximum atomic E-state index is 14.8. The van der Waals surface area contributed by atoms with Crippen molar-refractivity contribution >= 4 is 44.6 Å². The molecule has 6 rings (SSSR count). The number of hydrogen-bond donors (Lipinski definition) is 3. The van der Waals surface area contributed by atoms with Crippen LogP contribution in [0.2, 0.25) is 0 Å². The first-order valence-corrected chi connectivity index (χ1v) is 20.3. The molecule has 2 saturated carbocycles. The molecule has 4 amide bonds. The number of aromatic nitrogens is 1. The van der Waals surface area contributed by atoms with Gasteiger partial charge in [-0.3, -0.25) is 24.0 Å². The number of benzene rings is 1. The fraction of sp³-hybridized carbons (Fsp3) is 0.605. The van der Waals surface area contributed by atoms with Crippen LogP contribution in [-0.4, -0.2) is 106 Å². The lowest BCUT2D eigenvalue weighted by atomic mass is 9.86. The van der Waals surface area contributed by atoms with Gasteiger partial charge in [-0.25, -0.2) is 22.6 Å². The molecular weight excluding hydrogens is 779 g/mol. The molecule has 3 N–H and O–H groups in total. The fourth-order valence-corrected chi connectivity index (χ4v) is 9.38. The molecule has 57 heavy (non-hydrogen) atoms. The molecule has 1 aromatic carbocycles. The van der Waals surface area contributed by atoms with Gasteiger partial charge in [0.25, 0.3) is 5.91 Å². The molecule has 2 aromatic rings. The molecule has 0 unspecified atom stereocenters. The van der Waals surface area contributed by atoms with Gasteiger partial charge >= 0.3 is 12.3 Å². The first-order chi connectivity index (χ1) is 26.6. The summed E-state index contributed by atoms with van der Waals surface area (Å²) in [6.07, 6.45) is -1.84. The number of carbonyl (C=O) groups is 4. The number of rotatable bonds is 8. The molecule has 3 heterocycles. The van der Waals surface area contributed by atoms with E-state index in [-0.39, 0.29) is 47.1 Å². The minimum absolute atomic E-state index is 0.0202. The number of nitrogens with one attached hydrogen (secondary N) is 2. The van der Waals surface area contributed by atoms with E-state index in [1.165, 1.54) is 27.2 Å². The third kappa shape index (κ3) is 8.21. The number of ether oxygens (including phenoxy) is 2. The van der Waals surface area contributed by atoms with Crippen LogP contribution in [0.1, 0.15) is 72.6 Å². The summed E-state index contributed by atoms with van der Waals surface area (Å²) in [5.41, 5.74) is -1.75. The van der Waals surface area contributed by atoms with Crippen LogP contribution in [0.25, 0.3) is 10.8 Å². The predicted octanol–water partition coefficient (Wildman–Crippen LogP) is 4.92. The monoisotopic (exact) mass is 825 g/mol. The lowest BCUT2D eigenvalue weighted by Gasteiger charge is -2.40. The third-order valence-corrected chi connectivity index (χ3v) is 14.0. The first-order valence-electron chi connectivity index (χ1n) is 18.8. The van der Waals surface area contributed by atoms with E-state index in [1.54, 1.807) is 18.2 Å². The van der Waals surface area contributed by atoms with E-state index in [2.05, 4.69) is 15.0 Å². The normalized spacial score (nSPS) is 30.1. The number of pyridine rings is 1. The van der Waals surface area contributed by atoms with Gasteiger partial charge in [-0.05, 0) is 76.3 Å². The van der Waals surface area contributed by atoms with Crippen LogP contribution in [-0.2, 0) is 24.4 Å². The Balaban J connectivity index is 1.42. The third-order valence-electron chi connectivity index (χ3n) is 11.9. The quantitative estimate of drug-likeness (QED) is 0.244. The van der Waals surface area contributed by atoms with Crippen LogP contribution < -0.4 is 19.5 Å². The van der Waals surface area contributed by atoms with Crippen LogP contribution in [0, 0.1) is 23.6 Å². The second kappa shape index (κ2) is 15.2. The molecule has 1 saturated heterocycles. The number of sulfonamides is 1. The molecule has 2 aliphatic heterocycles. The Labute approximate surface area is 327 Å². The van der Waals surface area contributed by atoms with Gasteiger partial charge in [-0.2, -0.15) is 13.2 Å². The number of carbonyl (C=O) groups excluding carboxylic acids is 3. The molecular formula is C38H47F4N5O9S. The number of halogens is 4. The van der Waals surface area contributed by atoms with Crippen molar-refractivity contribution in [1.82, 2.24) is 24.8 Å². The molecule has 1 aromatic heterocycles. The van der Waals surface area contributed by atoms with Gasteiger partial charge in [0.1, 0.15) is 41.3 Å². The summed E-state index contributed by atoms with van der Waals surface area (Å²) in [5.74, 6) is -5.44. The number of amides is 4. The van der Waals surface area contributed by atoms with Gasteiger partial charge in [0.15, 0.2) is 0 Å². The number of alkyl halides is 3. The van der Waals surface area contributed by atoms with Crippen LogP contribution in [0.15, 0.2) is 36.5 Å². The SMILES string of the molecule is COc1cc(F)cc2c(O[C@@H]3C[C@H]4C(=O)N[C@]5(C(=O)NS(=O)(=O)C6(C)CC6)C[C@H]5/C=C\CC[C@@H](C)C[C@@H](C)[C@H](N(C(=O)O)[C@H](C)C(F)(F)F)C(=O)N4C3)nccc12. The first kappa shape index (κ1) is 41.9. The Kier molecular flexibility index (Phi) is 11.2. The summed E-state index contributed by atoms with van der Waals surface area (Å²) in [5, 5.41) is 13.5. The summed E-state index contributed by atoms with van der Waals surface area (Å²) in [6, 6.07) is -2.21. The van der Waals surface area contributed by atoms with Gasteiger partial charge in [0.2, 0.25) is 27.7 Å². The van der Waals surface area contributed by atoms with E-state index in [1.807, 2.05) is 6.92 Å². The molecule has 0 spiro atoms. The van der Waals surface area contributed by atoms with Gasteiger partial charge in [-0.15, -0.1) is 0 Å². The molecule has 3 fully saturated rings. The topological polar surface area (TPSA) is 185 Å². The molecule has 0 radical (unpaired) electrons. The summed E-state index contributed by atoms with van der Waals surface area (Å²) < 4.78 is 96.4. The van der Waals surface area contributed by atoms with Crippen molar-refractivity contribution in [2.24, 2.45) is 17.8 Å². The molecule has 19 heteroatoms. The summed E-state index contributed by atoms with van der Waals surface area (Å²) in [4.78, 5) is 61.1. The number of fused-ring (bicyclic) bond motifs is 3. The van der Waals surface area contributed by atoms with Crippen LogP contribution in [0.4, 0.5) is 22.4 Å². The molecule has 2 aliphatic carbocycles. The Morgan fingerprint density at radius 2 is 1.86 bits per heavy atom. The molecule has 8 atom stereocenters. The second-order valence-corrected chi connectivity index (χ2v) is 18.3. The summed E-state index contributed by atoms with van der Waals surface area (Å²) in [6.45, 7) is 5.01. The van der Waals surface area contributed by atoms with Crippen molar-refractivity contribution in [3.05, 3.63) is 42.4 Å². The van der Waals surface area contributed by atoms with E-state index < -0.39 is 98.7 Å². The van der Waals surface area contributed by atoms with E-state index >= 15 is 0 Å². The van der Waals surface area contributed by atoms with E-state index in [0.717, 1.165) is 17.0 Å². The number of hydrogen-bond acceptors (Lipinski definition) is 9. The number of allylic oxidation sites excluding steroid dienone is 1. The zero-order valence-corrected chi connectivity index (χ0v) is 33.0. The highest BCUT2D eigenvalue weighted by Crippen LogP contribution is 2.48. The summed E-state index contributed by atoms with van der Waals surface area (Å²) >= 11 is 0. The lowest BCUT2D eigenvalue weighted by Crippen LogP contribution is -2.62. The fourth-order valence-electron chi connectivity index (χ4n) is 8.06. The number of carboxylic acid groups (broad SMARTS) is 1. The summed E-state index contributed by atoms with van der Waals surface area (Å²) in [7, 11) is -2.80. The Hall–Kier alpha value is -4.68. The average molecular weight is 826 g/mol. The van der Waals surface area contributed by atoms with E-state index in [4.69, 9.17) is 9.47 Å². The molecule has 14 nitrogen and oxygen atoms in total. The predicted molar refractivity (Wildman–Crippen MR) is 197 cm³/mol. The molecule has 4 aliphatic rings. The van der Waals surface area contributed by atoms with Crippen molar-refractivity contribution in [1.29, 1.82) is 0 Å². The maximum absolute atomic E-state index is 14.8. The Bertz CT molecular complexity index is 2080. The second-order valence-electron chi connectivity index (χ2n) is 16.1. The Morgan fingerprint density at radius 3 is 2.49 bits per heavy atom. The largest absolute Gasteiger partial charge is 0.496 e. The van der Waals surface area contributed by atoms with Crippen LogP contribution in [0.3, 0.4) is 0 Å². The van der Waals surface area contributed by atoms with E-state index in [9.17, 15) is 50.3 Å². The molecule has 0 bridgehead atoms. The van der Waals surface area contributed by atoms with Crippen molar-refractivity contribution in [2.75, 3.05) is 13.7 Å². The average Bonchev–Trinajstić information content (AvgIpc) is 4.01. The minimum Gasteiger partial charge on any atom is -0.496 e. The van der Waals surface area contributed by atoms with Gasteiger partial charge in [0, 0.05) is 30.0 Å². The minimum atomic E-state index is -5.06. The smallest absolute Gasteiger partial charge is 0.408 e. The highest BCUT2D eigenvalue weighted by atomic mass is 32.2.